The Balaban J connectivity index is 1.53. The summed E-state index contributed by atoms with van der Waals surface area (Å²) in [5, 5.41) is 2.06. The van der Waals surface area contributed by atoms with Gasteiger partial charge in [-0.2, -0.15) is 0 Å². The molecule has 3 heterocycles. The molecule has 1 fully saturated rings. The molecule has 4 nitrogen and oxygen atoms in total. The highest BCUT2D eigenvalue weighted by atomic mass is 32.1. The van der Waals surface area contributed by atoms with Crippen LogP contribution in [0.15, 0.2) is 29.9 Å². The summed E-state index contributed by atoms with van der Waals surface area (Å²) in [6, 6.07) is 4.78. The van der Waals surface area contributed by atoms with Crippen molar-refractivity contribution in [1.82, 2.24) is 19.8 Å². The summed E-state index contributed by atoms with van der Waals surface area (Å²) in [6.45, 7) is 5.66. The van der Waals surface area contributed by atoms with Crippen LogP contribution in [0, 0.1) is 5.92 Å². The highest BCUT2D eigenvalue weighted by Gasteiger charge is 2.24. The van der Waals surface area contributed by atoms with E-state index in [-0.39, 0.29) is 0 Å². The lowest BCUT2D eigenvalue weighted by molar-refractivity contribution is 0.121. The summed E-state index contributed by atoms with van der Waals surface area (Å²) in [4.78, 5) is 15.0. The van der Waals surface area contributed by atoms with E-state index in [9.17, 15) is 0 Å². The fraction of sp³-hybridized carbons (Fsp3) is 0.556. The largest absolute Gasteiger partial charge is 0.306 e. The van der Waals surface area contributed by atoms with Crippen molar-refractivity contribution in [3.8, 4) is 10.7 Å². The van der Waals surface area contributed by atoms with Gasteiger partial charge in [-0.05, 0) is 64.3 Å². The van der Waals surface area contributed by atoms with Gasteiger partial charge in [0.1, 0.15) is 0 Å². The summed E-state index contributed by atoms with van der Waals surface area (Å²) >= 11 is 1.68. The van der Waals surface area contributed by atoms with Crippen LogP contribution in [-0.4, -0.2) is 53.0 Å². The van der Waals surface area contributed by atoms with E-state index in [4.69, 9.17) is 0 Å². The van der Waals surface area contributed by atoms with Crippen molar-refractivity contribution in [3.05, 3.63) is 35.5 Å². The van der Waals surface area contributed by atoms with Crippen LogP contribution >= 0.6 is 11.3 Å². The van der Waals surface area contributed by atoms with Crippen LogP contribution in [0.4, 0.5) is 0 Å². The molecule has 0 aromatic carbocycles. The maximum absolute atomic E-state index is 4.52. The van der Waals surface area contributed by atoms with Crippen molar-refractivity contribution < 1.29 is 0 Å². The van der Waals surface area contributed by atoms with E-state index >= 15 is 0 Å². The van der Waals surface area contributed by atoms with Crippen LogP contribution in [-0.2, 0) is 6.54 Å². The van der Waals surface area contributed by atoms with Crippen LogP contribution in [0.2, 0.25) is 0 Å². The van der Waals surface area contributed by atoms with Crippen molar-refractivity contribution in [2.75, 3.05) is 27.2 Å². The first-order valence-electron chi connectivity index (χ1n) is 8.37. The minimum Gasteiger partial charge on any atom is -0.306 e. The molecule has 2 aromatic rings. The van der Waals surface area contributed by atoms with Crippen LogP contribution in [0.3, 0.4) is 0 Å². The van der Waals surface area contributed by atoms with Gasteiger partial charge in [0.15, 0.2) is 5.82 Å². The quantitative estimate of drug-likeness (QED) is 0.841. The zero-order valence-electron chi connectivity index (χ0n) is 14.3. The van der Waals surface area contributed by atoms with Gasteiger partial charge in [0, 0.05) is 30.5 Å². The van der Waals surface area contributed by atoms with E-state index in [1.807, 2.05) is 18.5 Å². The molecule has 5 heteroatoms. The molecule has 0 radical (unpaired) electrons. The Bertz CT molecular complexity index is 586. The maximum Gasteiger partial charge on any atom is 0.169 e. The van der Waals surface area contributed by atoms with E-state index < -0.39 is 0 Å². The second-order valence-electron chi connectivity index (χ2n) is 6.71. The molecule has 0 amide bonds. The number of likely N-dealkylation sites (tertiary alicyclic amines) is 1. The van der Waals surface area contributed by atoms with Crippen LogP contribution in [0.5, 0.6) is 0 Å². The minimum absolute atomic E-state index is 0.672. The standard InChI is InChI=1S/C18H26N4S/c1-14(21(2)3)16-6-8-22(9-7-16)13-15-11-19-18(20-12-15)17-5-4-10-23-17/h4-5,10-12,14,16H,6-9,13H2,1-3H3/t14-/m1/s1. The molecule has 124 valence electrons. The molecular weight excluding hydrogens is 304 g/mol. The zero-order chi connectivity index (χ0) is 16.2. The van der Waals surface area contributed by atoms with E-state index in [1.165, 1.54) is 31.5 Å². The highest BCUT2D eigenvalue weighted by molar-refractivity contribution is 7.13. The normalized spacial score (nSPS) is 18.4. The minimum atomic E-state index is 0.672. The molecular formula is C18H26N4S. The number of nitrogens with zero attached hydrogens (tertiary/aromatic N) is 4. The van der Waals surface area contributed by atoms with Gasteiger partial charge >= 0.3 is 0 Å². The van der Waals surface area contributed by atoms with Gasteiger partial charge in [-0.3, -0.25) is 4.90 Å². The van der Waals surface area contributed by atoms with E-state index in [0.717, 1.165) is 23.2 Å². The van der Waals surface area contributed by atoms with Crippen LogP contribution in [0.25, 0.3) is 10.7 Å². The predicted molar refractivity (Wildman–Crippen MR) is 96.5 cm³/mol. The molecule has 0 N–H and O–H groups in total. The van der Waals surface area contributed by atoms with Gasteiger partial charge in [0.2, 0.25) is 0 Å². The Labute approximate surface area is 143 Å². The Morgan fingerprint density at radius 2 is 1.96 bits per heavy atom. The SMILES string of the molecule is C[C@H](C1CCN(Cc2cnc(-c3cccs3)nc2)CC1)N(C)C. The molecule has 1 atom stereocenters. The lowest BCUT2D eigenvalue weighted by atomic mass is 9.89. The van der Waals surface area contributed by atoms with Gasteiger partial charge in [0.05, 0.1) is 4.88 Å². The Hall–Kier alpha value is -1.30. The zero-order valence-corrected chi connectivity index (χ0v) is 15.1. The molecule has 1 saturated heterocycles. The number of hydrogen-bond acceptors (Lipinski definition) is 5. The summed E-state index contributed by atoms with van der Waals surface area (Å²) in [7, 11) is 4.37. The maximum atomic E-state index is 4.52. The third kappa shape index (κ3) is 4.16. The molecule has 1 aliphatic rings. The molecule has 0 aliphatic carbocycles. The van der Waals surface area contributed by atoms with E-state index in [0.29, 0.717) is 6.04 Å². The van der Waals surface area contributed by atoms with Gasteiger partial charge in [-0.25, -0.2) is 9.97 Å². The monoisotopic (exact) mass is 330 g/mol. The molecule has 3 rings (SSSR count). The first-order valence-corrected chi connectivity index (χ1v) is 9.25. The molecule has 0 unspecified atom stereocenters. The smallest absolute Gasteiger partial charge is 0.169 e. The molecule has 1 aliphatic heterocycles. The lowest BCUT2D eigenvalue weighted by Gasteiger charge is -2.37. The fourth-order valence-electron chi connectivity index (χ4n) is 3.24. The predicted octanol–water partition coefficient (Wildman–Crippen LogP) is 3.37. The second-order valence-corrected chi connectivity index (χ2v) is 7.66. The number of aromatic nitrogens is 2. The van der Waals surface area contributed by atoms with Crippen molar-refractivity contribution in [2.24, 2.45) is 5.92 Å². The average molecular weight is 331 g/mol. The van der Waals surface area contributed by atoms with Crippen molar-refractivity contribution in [2.45, 2.75) is 32.4 Å². The average Bonchev–Trinajstić information content (AvgIpc) is 3.10. The molecule has 0 saturated carbocycles. The number of rotatable bonds is 5. The van der Waals surface area contributed by atoms with E-state index in [1.54, 1.807) is 11.3 Å². The third-order valence-corrected chi connectivity index (χ3v) is 5.85. The fourth-order valence-corrected chi connectivity index (χ4v) is 3.91. The first-order chi connectivity index (χ1) is 11.1. The van der Waals surface area contributed by atoms with Gasteiger partial charge < -0.3 is 4.90 Å². The second kappa shape index (κ2) is 7.51. The summed E-state index contributed by atoms with van der Waals surface area (Å²) in [6.07, 6.45) is 6.54. The molecule has 23 heavy (non-hydrogen) atoms. The third-order valence-electron chi connectivity index (χ3n) is 4.98. The highest BCUT2D eigenvalue weighted by Crippen LogP contribution is 2.24. The summed E-state index contributed by atoms with van der Waals surface area (Å²) < 4.78 is 0. The Kier molecular flexibility index (Phi) is 5.41. The topological polar surface area (TPSA) is 32.3 Å². The first kappa shape index (κ1) is 16.6. The van der Waals surface area contributed by atoms with Crippen molar-refractivity contribution in [1.29, 1.82) is 0 Å². The lowest BCUT2D eigenvalue weighted by Crippen LogP contribution is -2.41. The van der Waals surface area contributed by atoms with Gasteiger partial charge in [0.25, 0.3) is 0 Å². The summed E-state index contributed by atoms with van der Waals surface area (Å²) in [5.41, 5.74) is 1.21. The van der Waals surface area contributed by atoms with Gasteiger partial charge in [-0.1, -0.05) is 6.07 Å². The van der Waals surface area contributed by atoms with Crippen LogP contribution in [0.1, 0.15) is 25.3 Å². The molecule has 0 spiro atoms. The van der Waals surface area contributed by atoms with Crippen molar-refractivity contribution in [3.63, 3.8) is 0 Å². The van der Waals surface area contributed by atoms with Crippen LogP contribution < -0.4 is 0 Å². The number of piperidine rings is 1. The number of thiophene rings is 1. The number of hydrogen-bond donors (Lipinski definition) is 0. The van der Waals surface area contributed by atoms with Gasteiger partial charge in [-0.15, -0.1) is 11.3 Å². The summed E-state index contributed by atoms with van der Waals surface area (Å²) in [5.74, 6) is 1.65. The molecule has 2 aromatic heterocycles. The Morgan fingerprint density at radius 3 is 2.52 bits per heavy atom. The molecule has 0 bridgehead atoms. The Morgan fingerprint density at radius 1 is 1.26 bits per heavy atom. The van der Waals surface area contributed by atoms with Crippen molar-refractivity contribution >= 4 is 11.3 Å². The van der Waals surface area contributed by atoms with E-state index in [2.05, 4.69) is 52.2 Å².